The molecule has 134 valence electrons. The molecule has 1 atom stereocenters. The van der Waals surface area contributed by atoms with Gasteiger partial charge in [-0.15, -0.1) is 0 Å². The van der Waals surface area contributed by atoms with E-state index >= 15 is 0 Å². The molecular weight excluding hydrogens is 392 g/mol. The highest BCUT2D eigenvalue weighted by Gasteiger charge is 2.27. The summed E-state index contributed by atoms with van der Waals surface area (Å²) in [4.78, 5) is 17.5. The van der Waals surface area contributed by atoms with Crippen molar-refractivity contribution in [1.29, 1.82) is 0 Å². The lowest BCUT2D eigenvalue weighted by molar-refractivity contribution is 0.0934. The predicted octanol–water partition coefficient (Wildman–Crippen LogP) is 4.34. The molecule has 0 spiro atoms. The van der Waals surface area contributed by atoms with Gasteiger partial charge in [-0.3, -0.25) is 4.79 Å². The quantitative estimate of drug-likeness (QED) is 0.695. The van der Waals surface area contributed by atoms with E-state index in [4.69, 9.17) is 0 Å². The van der Waals surface area contributed by atoms with Crippen molar-refractivity contribution < 1.29 is 4.79 Å². The van der Waals surface area contributed by atoms with Crippen molar-refractivity contribution in [3.8, 4) is 0 Å². The molecule has 1 amide bonds. The van der Waals surface area contributed by atoms with E-state index in [2.05, 4.69) is 63.4 Å². The first-order chi connectivity index (χ1) is 12.5. The van der Waals surface area contributed by atoms with Gasteiger partial charge in [-0.25, -0.2) is 9.50 Å². The normalized spacial score (nSPS) is 16.3. The summed E-state index contributed by atoms with van der Waals surface area (Å²) in [7, 11) is 0. The number of nitrogens with zero attached hydrogens (tertiary/aromatic N) is 3. The standard InChI is InChI=1S/C20H21BrN4O/c1-11(2)18-15(10-22-19-17(21)12(3)24-25(18)19)20(26)23-16-9-8-13-6-4-5-7-14(13)16/h4-7,10-11,16H,8-9H2,1-3H3,(H,23,26). The lowest BCUT2D eigenvalue weighted by atomic mass is 10.0. The van der Waals surface area contributed by atoms with Crippen LogP contribution in [0.2, 0.25) is 0 Å². The largest absolute Gasteiger partial charge is 0.345 e. The molecule has 4 rings (SSSR count). The number of aryl methyl sites for hydroxylation is 2. The lowest BCUT2D eigenvalue weighted by Crippen LogP contribution is -2.29. The summed E-state index contributed by atoms with van der Waals surface area (Å²) in [6.45, 7) is 6.07. The zero-order valence-corrected chi connectivity index (χ0v) is 16.7. The second-order valence-electron chi connectivity index (χ2n) is 7.11. The molecule has 2 heterocycles. The van der Waals surface area contributed by atoms with Crippen LogP contribution < -0.4 is 5.32 Å². The highest BCUT2D eigenvalue weighted by atomic mass is 79.9. The van der Waals surface area contributed by atoms with Crippen LogP contribution >= 0.6 is 15.9 Å². The van der Waals surface area contributed by atoms with E-state index in [9.17, 15) is 4.79 Å². The fourth-order valence-electron chi connectivity index (χ4n) is 3.75. The van der Waals surface area contributed by atoms with Crippen molar-refractivity contribution >= 4 is 27.5 Å². The maximum Gasteiger partial charge on any atom is 0.255 e. The third-order valence-electron chi connectivity index (χ3n) is 5.01. The number of rotatable bonds is 3. The molecular formula is C20H21BrN4O. The number of hydrogen-bond acceptors (Lipinski definition) is 3. The Hall–Kier alpha value is -2.21. The summed E-state index contributed by atoms with van der Waals surface area (Å²) >= 11 is 3.54. The summed E-state index contributed by atoms with van der Waals surface area (Å²) in [6.07, 6.45) is 3.61. The summed E-state index contributed by atoms with van der Waals surface area (Å²) < 4.78 is 2.66. The van der Waals surface area contributed by atoms with Crippen LogP contribution in [0.15, 0.2) is 34.9 Å². The Bertz CT molecular complexity index is 1010. The molecule has 0 aliphatic heterocycles. The molecule has 26 heavy (non-hydrogen) atoms. The molecule has 0 saturated carbocycles. The van der Waals surface area contributed by atoms with E-state index in [1.807, 2.05) is 13.0 Å². The number of carbonyl (C=O) groups excluding carboxylic acids is 1. The molecule has 0 saturated heterocycles. The summed E-state index contributed by atoms with van der Waals surface area (Å²) in [6, 6.07) is 8.38. The number of halogens is 1. The monoisotopic (exact) mass is 412 g/mol. The maximum absolute atomic E-state index is 13.1. The van der Waals surface area contributed by atoms with E-state index < -0.39 is 0 Å². The average Bonchev–Trinajstić information content (AvgIpc) is 3.15. The fourth-order valence-corrected chi connectivity index (χ4v) is 4.10. The third kappa shape index (κ3) is 2.72. The van der Waals surface area contributed by atoms with Gasteiger partial charge in [0.15, 0.2) is 5.65 Å². The zero-order chi connectivity index (χ0) is 18.4. The molecule has 1 unspecified atom stereocenters. The summed E-state index contributed by atoms with van der Waals surface area (Å²) in [5.74, 6) is 0.0531. The first kappa shape index (κ1) is 17.2. The maximum atomic E-state index is 13.1. The smallest absolute Gasteiger partial charge is 0.255 e. The van der Waals surface area contributed by atoms with E-state index in [-0.39, 0.29) is 17.9 Å². The van der Waals surface area contributed by atoms with Gasteiger partial charge in [0.25, 0.3) is 5.91 Å². The van der Waals surface area contributed by atoms with Crippen molar-refractivity contribution in [1.82, 2.24) is 19.9 Å². The molecule has 1 aliphatic carbocycles. The Morgan fingerprint density at radius 1 is 1.35 bits per heavy atom. The molecule has 0 radical (unpaired) electrons. The van der Waals surface area contributed by atoms with Crippen LogP contribution in [0.5, 0.6) is 0 Å². The van der Waals surface area contributed by atoms with Crippen LogP contribution in [0.25, 0.3) is 5.65 Å². The number of amides is 1. The van der Waals surface area contributed by atoms with Crippen molar-refractivity contribution in [2.75, 3.05) is 0 Å². The molecule has 6 heteroatoms. The van der Waals surface area contributed by atoms with Crippen LogP contribution in [-0.4, -0.2) is 20.5 Å². The van der Waals surface area contributed by atoms with Crippen LogP contribution in [0, 0.1) is 6.92 Å². The third-order valence-corrected chi connectivity index (χ3v) is 5.94. The minimum absolute atomic E-state index is 0.0560. The van der Waals surface area contributed by atoms with Crippen LogP contribution in [0.1, 0.15) is 65.1 Å². The Balaban J connectivity index is 1.72. The number of carbonyl (C=O) groups is 1. The van der Waals surface area contributed by atoms with Crippen molar-refractivity contribution in [3.05, 3.63) is 63.0 Å². The van der Waals surface area contributed by atoms with Gasteiger partial charge in [0.1, 0.15) is 0 Å². The minimum Gasteiger partial charge on any atom is -0.345 e. The molecule has 0 fully saturated rings. The second-order valence-corrected chi connectivity index (χ2v) is 7.90. The van der Waals surface area contributed by atoms with E-state index in [0.717, 1.165) is 34.3 Å². The number of hydrogen-bond donors (Lipinski definition) is 1. The molecule has 1 aliphatic rings. The Morgan fingerprint density at radius 3 is 2.88 bits per heavy atom. The van der Waals surface area contributed by atoms with Gasteiger partial charge in [-0.05, 0) is 52.7 Å². The van der Waals surface area contributed by atoms with E-state index in [1.54, 1.807) is 10.7 Å². The Labute approximate surface area is 161 Å². The van der Waals surface area contributed by atoms with Crippen LogP contribution in [-0.2, 0) is 6.42 Å². The van der Waals surface area contributed by atoms with Gasteiger partial charge in [-0.1, -0.05) is 38.1 Å². The zero-order valence-electron chi connectivity index (χ0n) is 15.1. The van der Waals surface area contributed by atoms with Gasteiger partial charge in [0, 0.05) is 6.20 Å². The minimum atomic E-state index is -0.0888. The highest BCUT2D eigenvalue weighted by molar-refractivity contribution is 9.10. The Morgan fingerprint density at radius 2 is 2.12 bits per heavy atom. The van der Waals surface area contributed by atoms with Gasteiger partial charge < -0.3 is 5.32 Å². The van der Waals surface area contributed by atoms with E-state index in [0.29, 0.717) is 5.56 Å². The second kappa shape index (κ2) is 6.50. The topological polar surface area (TPSA) is 59.3 Å². The predicted molar refractivity (Wildman–Crippen MR) is 104 cm³/mol. The lowest BCUT2D eigenvalue weighted by Gasteiger charge is -2.18. The van der Waals surface area contributed by atoms with Crippen molar-refractivity contribution in [2.45, 2.75) is 45.6 Å². The van der Waals surface area contributed by atoms with Gasteiger partial charge >= 0.3 is 0 Å². The number of nitrogens with one attached hydrogen (secondary N) is 1. The molecule has 3 aromatic rings. The first-order valence-corrected chi connectivity index (χ1v) is 9.69. The van der Waals surface area contributed by atoms with Crippen molar-refractivity contribution in [2.24, 2.45) is 0 Å². The molecule has 0 bridgehead atoms. The molecule has 1 aromatic carbocycles. The van der Waals surface area contributed by atoms with Crippen LogP contribution in [0.4, 0.5) is 0 Å². The summed E-state index contributed by atoms with van der Waals surface area (Å²) in [5, 5.41) is 7.77. The molecule has 1 N–H and O–H groups in total. The SMILES string of the molecule is Cc1nn2c(C(C)C)c(C(=O)NC3CCc4ccccc43)cnc2c1Br. The number of benzene rings is 1. The highest BCUT2D eigenvalue weighted by Crippen LogP contribution is 2.32. The van der Waals surface area contributed by atoms with Gasteiger partial charge in [0.05, 0.1) is 27.5 Å². The van der Waals surface area contributed by atoms with Gasteiger partial charge in [0.2, 0.25) is 0 Å². The van der Waals surface area contributed by atoms with Crippen molar-refractivity contribution in [3.63, 3.8) is 0 Å². The fraction of sp³-hybridized carbons (Fsp3) is 0.350. The van der Waals surface area contributed by atoms with Gasteiger partial charge in [-0.2, -0.15) is 5.10 Å². The average molecular weight is 413 g/mol. The molecule has 5 nitrogen and oxygen atoms in total. The first-order valence-electron chi connectivity index (χ1n) is 8.89. The number of aromatic nitrogens is 3. The van der Waals surface area contributed by atoms with Crippen LogP contribution in [0.3, 0.4) is 0 Å². The number of fused-ring (bicyclic) bond motifs is 2. The van der Waals surface area contributed by atoms with E-state index in [1.165, 1.54) is 11.1 Å². The Kier molecular flexibility index (Phi) is 4.31. The summed E-state index contributed by atoms with van der Waals surface area (Å²) in [5.41, 5.74) is 5.62. The molecule has 2 aromatic heterocycles.